The zero-order valence-electron chi connectivity index (χ0n) is 18.1. The van der Waals surface area contributed by atoms with Crippen molar-refractivity contribution in [1.29, 1.82) is 0 Å². The van der Waals surface area contributed by atoms with Crippen LogP contribution in [0.3, 0.4) is 0 Å². The first kappa shape index (κ1) is 25.4. The number of Topliss-reactive ketones (excluding diaryl/α,β-unsaturated/α-hetero) is 1. The van der Waals surface area contributed by atoms with E-state index in [0.29, 0.717) is 6.42 Å². The van der Waals surface area contributed by atoms with E-state index in [-0.39, 0.29) is 18.2 Å². The van der Waals surface area contributed by atoms with Crippen LogP contribution in [0.5, 0.6) is 0 Å². The van der Waals surface area contributed by atoms with Crippen LogP contribution in [0.15, 0.2) is 5.11 Å². The first-order chi connectivity index (χ1) is 13.4. The van der Waals surface area contributed by atoms with Crippen LogP contribution in [0.1, 0.15) is 48.0 Å². The van der Waals surface area contributed by atoms with Crippen molar-refractivity contribution in [3.8, 4) is 0 Å². The molecule has 1 aliphatic heterocycles. The number of aliphatic hydroxyl groups is 3. The summed E-state index contributed by atoms with van der Waals surface area (Å²) in [7, 11) is 0. The molecule has 9 nitrogen and oxygen atoms in total. The second kappa shape index (κ2) is 10.9. The van der Waals surface area contributed by atoms with Crippen molar-refractivity contribution >= 4 is 11.8 Å². The molecule has 1 fully saturated rings. The topological polar surface area (TPSA) is 153 Å². The van der Waals surface area contributed by atoms with Crippen LogP contribution in [-0.4, -0.2) is 58.0 Å². The number of ether oxygens (including phenoxy) is 1. The van der Waals surface area contributed by atoms with Gasteiger partial charge in [0.25, 0.3) is 0 Å². The molecule has 0 aromatic heterocycles. The second-order valence-corrected chi connectivity index (χ2v) is 8.67. The fourth-order valence-electron chi connectivity index (χ4n) is 4.10. The molecule has 0 aromatic carbocycles. The van der Waals surface area contributed by atoms with Gasteiger partial charge >= 0.3 is 5.97 Å². The predicted molar refractivity (Wildman–Crippen MR) is 107 cm³/mol. The molecule has 0 amide bonds. The summed E-state index contributed by atoms with van der Waals surface area (Å²) in [5.74, 6) is -4.49. The highest BCUT2D eigenvalue weighted by Crippen LogP contribution is 2.30. The smallest absolute Gasteiger partial charge is 0.311 e. The molecule has 0 aromatic rings. The van der Waals surface area contributed by atoms with E-state index in [1.54, 1.807) is 34.6 Å². The Morgan fingerprint density at radius 1 is 0.966 bits per heavy atom. The molecule has 9 heteroatoms. The Bertz CT molecular complexity index is 623. The van der Waals surface area contributed by atoms with E-state index in [1.807, 2.05) is 0 Å². The third-order valence-corrected chi connectivity index (χ3v) is 6.43. The summed E-state index contributed by atoms with van der Waals surface area (Å²) < 4.78 is 5.47. The molecule has 166 valence electrons. The minimum atomic E-state index is -1.16. The number of rotatable bonds is 2. The van der Waals surface area contributed by atoms with Gasteiger partial charge in [-0.05, 0) is 24.8 Å². The molecular weight excluding hydrogens is 378 g/mol. The van der Waals surface area contributed by atoms with Crippen LogP contribution >= 0.6 is 0 Å². The van der Waals surface area contributed by atoms with Crippen molar-refractivity contribution in [2.24, 2.45) is 40.6 Å². The molecule has 1 rings (SSSR count). The van der Waals surface area contributed by atoms with Crippen molar-refractivity contribution < 1.29 is 29.6 Å². The van der Waals surface area contributed by atoms with Crippen LogP contribution in [-0.2, 0) is 14.3 Å². The van der Waals surface area contributed by atoms with Gasteiger partial charge < -0.3 is 20.1 Å². The standard InChI is InChI=1S/C20H35N3O6/c1-9-7-10(2)17(25)13(5)19(27)14(6)20(28)29-15(8-22-23-21)11(3)18(26)12(4)16(9)24/h9-15,17-19,25-27H,7-8H2,1-6H3/t9-,10+,11+,12+,13-,14-,15-,17+,18+,19+/m1/s1. The molecule has 0 radical (unpaired) electrons. The minimum absolute atomic E-state index is 0.157. The van der Waals surface area contributed by atoms with Crippen molar-refractivity contribution in [3.05, 3.63) is 10.4 Å². The third-order valence-electron chi connectivity index (χ3n) is 6.43. The Balaban J connectivity index is 3.30. The van der Waals surface area contributed by atoms with Crippen molar-refractivity contribution in [2.75, 3.05) is 6.54 Å². The fourth-order valence-corrected chi connectivity index (χ4v) is 4.10. The van der Waals surface area contributed by atoms with E-state index >= 15 is 0 Å². The van der Waals surface area contributed by atoms with E-state index in [1.165, 1.54) is 6.92 Å². The second-order valence-electron chi connectivity index (χ2n) is 8.67. The average molecular weight is 414 g/mol. The number of esters is 1. The summed E-state index contributed by atoms with van der Waals surface area (Å²) >= 11 is 0. The molecule has 1 heterocycles. The van der Waals surface area contributed by atoms with Gasteiger partial charge in [-0.1, -0.05) is 39.7 Å². The van der Waals surface area contributed by atoms with Crippen LogP contribution < -0.4 is 0 Å². The van der Waals surface area contributed by atoms with Gasteiger partial charge in [0, 0.05) is 28.6 Å². The summed E-state index contributed by atoms with van der Waals surface area (Å²) in [5.41, 5.74) is 8.64. The summed E-state index contributed by atoms with van der Waals surface area (Å²) in [6, 6.07) is 0. The Labute approximate surface area is 172 Å². The molecule has 1 saturated heterocycles. The Morgan fingerprint density at radius 3 is 2.07 bits per heavy atom. The highest BCUT2D eigenvalue weighted by molar-refractivity contribution is 5.83. The molecule has 0 spiro atoms. The van der Waals surface area contributed by atoms with Crippen LogP contribution in [0.25, 0.3) is 10.4 Å². The molecule has 29 heavy (non-hydrogen) atoms. The number of nitrogens with zero attached hydrogens (tertiary/aromatic N) is 3. The van der Waals surface area contributed by atoms with Gasteiger partial charge in [0.2, 0.25) is 0 Å². The lowest BCUT2D eigenvalue weighted by Crippen LogP contribution is -2.46. The maximum Gasteiger partial charge on any atom is 0.311 e. The minimum Gasteiger partial charge on any atom is -0.462 e. The zero-order valence-corrected chi connectivity index (χ0v) is 18.1. The van der Waals surface area contributed by atoms with Crippen LogP contribution in [0.4, 0.5) is 0 Å². The number of hydrogen-bond acceptors (Lipinski definition) is 7. The van der Waals surface area contributed by atoms with E-state index < -0.39 is 60.0 Å². The van der Waals surface area contributed by atoms with Gasteiger partial charge in [-0.2, -0.15) is 0 Å². The number of hydrogen-bond donors (Lipinski definition) is 3. The van der Waals surface area contributed by atoms with Crippen molar-refractivity contribution in [2.45, 2.75) is 72.4 Å². The van der Waals surface area contributed by atoms with Gasteiger partial charge in [0.15, 0.2) is 0 Å². The normalized spacial score (nSPS) is 43.1. The molecule has 0 saturated carbocycles. The Morgan fingerprint density at radius 2 is 1.52 bits per heavy atom. The van der Waals surface area contributed by atoms with E-state index in [9.17, 15) is 24.9 Å². The quantitative estimate of drug-likeness (QED) is 0.273. The van der Waals surface area contributed by atoms with E-state index in [2.05, 4.69) is 10.0 Å². The number of carbonyl (C=O) groups is 2. The lowest BCUT2D eigenvalue weighted by atomic mass is 9.77. The summed E-state index contributed by atoms with van der Waals surface area (Å²) in [5, 5.41) is 35.4. The first-order valence-electron chi connectivity index (χ1n) is 10.2. The van der Waals surface area contributed by atoms with Gasteiger partial charge in [-0.3, -0.25) is 9.59 Å². The highest BCUT2D eigenvalue weighted by atomic mass is 16.5. The zero-order chi connectivity index (χ0) is 22.5. The molecule has 3 N–H and O–H groups in total. The summed E-state index contributed by atoms with van der Waals surface area (Å²) in [6.07, 6.45) is -3.75. The SMILES string of the molecule is C[C@@H]1[C@@H](O)[C@@H](C)C[C@@H](C)C(=O)[C@H](C)[C@@H](O)[C@@H](C)[C@@H](CN=[N+]=[N-])OC(=O)[C@H](C)[C@H]1O. The molecular formula is C20H35N3O6. The van der Waals surface area contributed by atoms with E-state index in [4.69, 9.17) is 10.3 Å². The summed E-state index contributed by atoms with van der Waals surface area (Å²) in [4.78, 5) is 28.1. The van der Waals surface area contributed by atoms with Gasteiger partial charge in [0.1, 0.15) is 11.9 Å². The lowest BCUT2D eigenvalue weighted by Gasteiger charge is -2.35. The Hall–Kier alpha value is -1.67. The lowest BCUT2D eigenvalue weighted by molar-refractivity contribution is -0.165. The van der Waals surface area contributed by atoms with Gasteiger partial charge in [-0.15, -0.1) is 0 Å². The molecule has 0 unspecified atom stereocenters. The predicted octanol–water partition coefficient (Wildman–Crippen LogP) is 2.08. The number of ketones is 1. The fraction of sp³-hybridized carbons (Fsp3) is 0.900. The van der Waals surface area contributed by atoms with Crippen molar-refractivity contribution in [3.63, 3.8) is 0 Å². The monoisotopic (exact) mass is 413 g/mol. The van der Waals surface area contributed by atoms with E-state index in [0.717, 1.165) is 0 Å². The number of azide groups is 1. The number of carbonyl (C=O) groups excluding carboxylic acids is 2. The van der Waals surface area contributed by atoms with Crippen molar-refractivity contribution in [1.82, 2.24) is 0 Å². The van der Waals surface area contributed by atoms with Gasteiger partial charge in [0.05, 0.1) is 30.8 Å². The third kappa shape index (κ3) is 6.15. The maximum absolute atomic E-state index is 12.8. The van der Waals surface area contributed by atoms with Crippen LogP contribution in [0.2, 0.25) is 0 Å². The molecule has 0 bridgehead atoms. The number of cyclic esters (lactones) is 1. The number of aliphatic hydroxyl groups excluding tert-OH is 3. The van der Waals surface area contributed by atoms with Gasteiger partial charge in [-0.25, -0.2) is 0 Å². The average Bonchev–Trinajstić information content (AvgIpc) is 2.71. The molecule has 0 aliphatic carbocycles. The van der Waals surface area contributed by atoms with Crippen LogP contribution in [0, 0.1) is 35.5 Å². The molecule has 1 aliphatic rings. The molecule has 10 atom stereocenters. The maximum atomic E-state index is 12.8. The highest BCUT2D eigenvalue weighted by Gasteiger charge is 2.40. The summed E-state index contributed by atoms with van der Waals surface area (Å²) in [6.45, 7) is 9.77. The first-order valence-corrected chi connectivity index (χ1v) is 10.2. The Kier molecular flexibility index (Phi) is 9.55. The largest absolute Gasteiger partial charge is 0.462 e.